The van der Waals surface area contributed by atoms with Gasteiger partial charge < -0.3 is 5.73 Å². The highest BCUT2D eigenvalue weighted by atomic mass is 32.2. The van der Waals surface area contributed by atoms with Crippen molar-refractivity contribution in [3.8, 4) is 0 Å². The van der Waals surface area contributed by atoms with Crippen molar-refractivity contribution in [3.05, 3.63) is 0 Å². The summed E-state index contributed by atoms with van der Waals surface area (Å²) in [4.78, 5) is 0.314. The van der Waals surface area contributed by atoms with Crippen LogP contribution in [-0.2, 0) is 10.2 Å². The first-order chi connectivity index (χ1) is 5.91. The second kappa shape index (κ2) is 3.87. The lowest BCUT2D eigenvalue weighted by atomic mass is 10.4. The van der Waals surface area contributed by atoms with E-state index in [1.54, 1.807) is 0 Å². The minimum Gasteiger partial charge on any atom is -0.393 e. The average molecular weight is 223 g/mol. The standard InChI is InChI=1S/C6H13N3O2S2/c7-6(12)3-4-9(5-1-2-5)13(8,10)11/h5H,1-4H2,(H2,7,12)(H2,8,10,11). The Balaban J connectivity index is 2.53. The van der Waals surface area contributed by atoms with Crippen molar-refractivity contribution in [3.63, 3.8) is 0 Å². The topological polar surface area (TPSA) is 89.4 Å². The predicted octanol–water partition coefficient (Wildman–Crippen LogP) is -0.670. The fraction of sp³-hybridized carbons (Fsp3) is 0.833. The molecule has 1 saturated carbocycles. The van der Waals surface area contributed by atoms with E-state index in [1.165, 1.54) is 4.31 Å². The summed E-state index contributed by atoms with van der Waals surface area (Å²) in [5.41, 5.74) is 5.27. The molecule has 1 aliphatic carbocycles. The van der Waals surface area contributed by atoms with E-state index in [1.807, 2.05) is 0 Å². The fourth-order valence-electron chi connectivity index (χ4n) is 1.10. The highest BCUT2D eigenvalue weighted by Gasteiger charge is 2.34. The van der Waals surface area contributed by atoms with Crippen LogP contribution in [0, 0.1) is 0 Å². The van der Waals surface area contributed by atoms with Gasteiger partial charge in [0.15, 0.2) is 0 Å². The molecule has 1 fully saturated rings. The van der Waals surface area contributed by atoms with Gasteiger partial charge in [0, 0.05) is 19.0 Å². The van der Waals surface area contributed by atoms with Gasteiger partial charge in [-0.15, -0.1) is 0 Å². The summed E-state index contributed by atoms with van der Waals surface area (Å²) in [7, 11) is -3.58. The number of thiocarbonyl (C=S) groups is 1. The highest BCUT2D eigenvalue weighted by Crippen LogP contribution is 2.28. The third kappa shape index (κ3) is 3.55. The number of nitrogens with two attached hydrogens (primary N) is 2. The van der Waals surface area contributed by atoms with Gasteiger partial charge in [0.05, 0.1) is 4.99 Å². The van der Waals surface area contributed by atoms with Crippen LogP contribution < -0.4 is 10.9 Å². The Kier molecular flexibility index (Phi) is 3.23. The van der Waals surface area contributed by atoms with E-state index in [-0.39, 0.29) is 6.04 Å². The second-order valence-corrected chi connectivity index (χ2v) is 5.13. The molecule has 0 heterocycles. The van der Waals surface area contributed by atoms with E-state index in [2.05, 4.69) is 12.2 Å². The van der Waals surface area contributed by atoms with Crippen LogP contribution in [0.25, 0.3) is 0 Å². The first-order valence-electron chi connectivity index (χ1n) is 3.99. The SMILES string of the molecule is NC(=S)CCN(C1CC1)S(N)(=O)=O. The molecule has 0 unspecified atom stereocenters. The molecular weight excluding hydrogens is 210 g/mol. The molecule has 13 heavy (non-hydrogen) atoms. The predicted molar refractivity (Wildman–Crippen MR) is 54.2 cm³/mol. The average Bonchev–Trinajstić information content (AvgIpc) is 2.67. The van der Waals surface area contributed by atoms with Gasteiger partial charge in [-0.25, -0.2) is 5.14 Å². The van der Waals surface area contributed by atoms with E-state index in [4.69, 9.17) is 10.9 Å². The number of rotatable bonds is 5. The van der Waals surface area contributed by atoms with E-state index < -0.39 is 10.2 Å². The normalized spacial score (nSPS) is 17.7. The van der Waals surface area contributed by atoms with Crippen molar-refractivity contribution in [2.24, 2.45) is 10.9 Å². The summed E-state index contributed by atoms with van der Waals surface area (Å²) >= 11 is 4.66. The van der Waals surface area contributed by atoms with Crippen LogP contribution in [0.3, 0.4) is 0 Å². The van der Waals surface area contributed by atoms with Crippen molar-refractivity contribution < 1.29 is 8.42 Å². The number of hydrogen-bond acceptors (Lipinski definition) is 3. The second-order valence-electron chi connectivity index (χ2n) is 3.10. The van der Waals surface area contributed by atoms with Gasteiger partial charge in [-0.3, -0.25) is 0 Å². The minimum atomic E-state index is -3.58. The van der Waals surface area contributed by atoms with Gasteiger partial charge >= 0.3 is 0 Å². The monoisotopic (exact) mass is 223 g/mol. The van der Waals surface area contributed by atoms with Gasteiger partial charge in [0.2, 0.25) is 0 Å². The van der Waals surface area contributed by atoms with E-state index >= 15 is 0 Å². The van der Waals surface area contributed by atoms with E-state index in [0.717, 1.165) is 12.8 Å². The summed E-state index contributed by atoms with van der Waals surface area (Å²) < 4.78 is 23.4. The summed E-state index contributed by atoms with van der Waals surface area (Å²) in [6.45, 7) is 0.304. The van der Waals surface area contributed by atoms with Crippen LogP contribution in [0.5, 0.6) is 0 Å². The molecule has 4 N–H and O–H groups in total. The van der Waals surface area contributed by atoms with Crippen molar-refractivity contribution >= 4 is 27.4 Å². The van der Waals surface area contributed by atoms with Crippen LogP contribution in [0.4, 0.5) is 0 Å². The lowest BCUT2D eigenvalue weighted by molar-refractivity contribution is 0.414. The molecule has 0 amide bonds. The molecule has 0 saturated heterocycles. The first-order valence-corrected chi connectivity index (χ1v) is 5.90. The van der Waals surface area contributed by atoms with Crippen LogP contribution in [0.15, 0.2) is 0 Å². The van der Waals surface area contributed by atoms with Gasteiger partial charge in [-0.05, 0) is 12.8 Å². The van der Waals surface area contributed by atoms with Gasteiger partial charge in [0.25, 0.3) is 10.2 Å². The van der Waals surface area contributed by atoms with Gasteiger partial charge in [-0.1, -0.05) is 12.2 Å². The molecule has 0 aromatic carbocycles. The maximum atomic E-state index is 11.0. The Labute approximate surface area is 83.3 Å². The molecule has 5 nitrogen and oxygen atoms in total. The van der Waals surface area contributed by atoms with Crippen molar-refractivity contribution in [2.75, 3.05) is 6.54 Å². The molecule has 76 valence electrons. The number of nitrogens with zero attached hydrogens (tertiary/aromatic N) is 1. The first kappa shape index (κ1) is 10.8. The summed E-state index contributed by atoms with van der Waals surface area (Å²) in [5.74, 6) is 0. The maximum absolute atomic E-state index is 11.0. The van der Waals surface area contributed by atoms with Crippen molar-refractivity contribution in [1.29, 1.82) is 0 Å². The Morgan fingerprint density at radius 2 is 2.08 bits per heavy atom. The molecule has 0 bridgehead atoms. The fourth-order valence-corrected chi connectivity index (χ4v) is 2.16. The third-order valence-corrected chi connectivity index (χ3v) is 3.20. The zero-order chi connectivity index (χ0) is 10.1. The van der Waals surface area contributed by atoms with Gasteiger partial charge in [-0.2, -0.15) is 12.7 Å². The largest absolute Gasteiger partial charge is 0.393 e. The molecule has 1 aliphatic rings. The van der Waals surface area contributed by atoms with Crippen LogP contribution >= 0.6 is 12.2 Å². The van der Waals surface area contributed by atoms with Crippen LogP contribution in [0.2, 0.25) is 0 Å². The quantitative estimate of drug-likeness (QED) is 0.605. The maximum Gasteiger partial charge on any atom is 0.277 e. The van der Waals surface area contributed by atoms with Crippen LogP contribution in [0.1, 0.15) is 19.3 Å². The Morgan fingerprint density at radius 3 is 2.38 bits per heavy atom. The molecular formula is C6H13N3O2S2. The Bertz CT molecular complexity index is 297. The Morgan fingerprint density at radius 1 is 1.54 bits per heavy atom. The molecule has 0 aromatic rings. The smallest absolute Gasteiger partial charge is 0.277 e. The lowest BCUT2D eigenvalue weighted by Gasteiger charge is -2.17. The van der Waals surface area contributed by atoms with Gasteiger partial charge in [0.1, 0.15) is 0 Å². The lowest BCUT2D eigenvalue weighted by Crippen LogP contribution is -2.40. The minimum absolute atomic E-state index is 0.0735. The third-order valence-electron chi connectivity index (χ3n) is 1.86. The molecule has 0 atom stereocenters. The highest BCUT2D eigenvalue weighted by molar-refractivity contribution is 7.86. The molecule has 0 radical (unpaired) electrons. The van der Waals surface area contributed by atoms with E-state index in [0.29, 0.717) is 18.0 Å². The van der Waals surface area contributed by atoms with Crippen LogP contribution in [-0.4, -0.2) is 30.3 Å². The number of hydrogen-bond donors (Lipinski definition) is 2. The summed E-state index contributed by atoms with van der Waals surface area (Å²) in [5, 5.41) is 5.02. The van der Waals surface area contributed by atoms with Crippen molar-refractivity contribution in [2.45, 2.75) is 25.3 Å². The molecule has 1 rings (SSSR count). The molecule has 0 aromatic heterocycles. The van der Waals surface area contributed by atoms with Crippen molar-refractivity contribution in [1.82, 2.24) is 4.31 Å². The molecule has 0 spiro atoms. The Hall–Kier alpha value is -0.240. The molecule has 0 aliphatic heterocycles. The summed E-state index contributed by atoms with van der Waals surface area (Å²) in [6.07, 6.45) is 2.16. The zero-order valence-electron chi connectivity index (χ0n) is 7.14. The summed E-state index contributed by atoms with van der Waals surface area (Å²) in [6, 6.07) is 0.0735. The van der Waals surface area contributed by atoms with E-state index in [9.17, 15) is 8.42 Å². The molecule has 7 heteroatoms. The zero-order valence-corrected chi connectivity index (χ0v) is 8.77.